The second kappa shape index (κ2) is 5.69. The molecule has 16 heavy (non-hydrogen) atoms. The molecule has 1 heterocycles. The second-order valence-corrected chi connectivity index (χ2v) is 4.04. The van der Waals surface area contributed by atoms with Crippen LogP contribution in [-0.2, 0) is 4.79 Å². The molecule has 0 spiro atoms. The number of likely N-dealkylation sites (tertiary alicyclic amines) is 1. The molecule has 6 nitrogen and oxygen atoms in total. The van der Waals surface area contributed by atoms with E-state index in [1.165, 1.54) is 0 Å². The first-order valence-electron chi connectivity index (χ1n) is 5.54. The summed E-state index contributed by atoms with van der Waals surface area (Å²) in [7, 11) is 0. The highest BCUT2D eigenvalue weighted by Gasteiger charge is 2.29. The van der Waals surface area contributed by atoms with E-state index in [2.05, 4.69) is 5.16 Å². The summed E-state index contributed by atoms with van der Waals surface area (Å²) in [6, 6.07) is 0. The maximum atomic E-state index is 12.0. The Hall–Kier alpha value is -1.30. The number of nitrogens with two attached hydrogens (primary N) is 1. The van der Waals surface area contributed by atoms with Gasteiger partial charge in [0.25, 0.3) is 0 Å². The third-order valence-electron chi connectivity index (χ3n) is 2.95. The van der Waals surface area contributed by atoms with Crippen LogP contribution in [0.3, 0.4) is 0 Å². The first-order chi connectivity index (χ1) is 7.60. The SMILES string of the molecule is CCC(C(=O)N1CCC(O)CC1)C(N)=NO. The van der Waals surface area contributed by atoms with Crippen LogP contribution in [0.1, 0.15) is 26.2 Å². The van der Waals surface area contributed by atoms with E-state index in [-0.39, 0.29) is 17.8 Å². The number of hydrogen-bond donors (Lipinski definition) is 3. The van der Waals surface area contributed by atoms with Gasteiger partial charge in [-0.05, 0) is 19.3 Å². The van der Waals surface area contributed by atoms with Crippen LogP contribution in [0.25, 0.3) is 0 Å². The fourth-order valence-electron chi connectivity index (χ4n) is 1.89. The van der Waals surface area contributed by atoms with E-state index in [4.69, 9.17) is 10.9 Å². The molecule has 1 aliphatic rings. The topological polar surface area (TPSA) is 99.2 Å². The van der Waals surface area contributed by atoms with Gasteiger partial charge in [0.1, 0.15) is 0 Å². The monoisotopic (exact) mass is 229 g/mol. The standard InChI is InChI=1S/C10H19N3O3/c1-2-8(9(11)12-16)10(15)13-5-3-7(14)4-6-13/h7-8,14,16H,2-6H2,1H3,(H2,11,12). The van der Waals surface area contributed by atoms with Crippen molar-refractivity contribution < 1.29 is 15.1 Å². The molecule has 0 bridgehead atoms. The lowest BCUT2D eigenvalue weighted by atomic mass is 10.0. The largest absolute Gasteiger partial charge is 0.409 e. The van der Waals surface area contributed by atoms with Gasteiger partial charge in [0, 0.05) is 13.1 Å². The van der Waals surface area contributed by atoms with Gasteiger partial charge in [-0.2, -0.15) is 0 Å². The van der Waals surface area contributed by atoms with Crippen molar-refractivity contribution in [1.29, 1.82) is 0 Å². The normalized spacial score (nSPS) is 20.9. The van der Waals surface area contributed by atoms with E-state index in [1.54, 1.807) is 4.90 Å². The molecule has 92 valence electrons. The second-order valence-electron chi connectivity index (χ2n) is 4.04. The van der Waals surface area contributed by atoms with Gasteiger partial charge >= 0.3 is 0 Å². The number of nitrogens with zero attached hydrogens (tertiary/aromatic N) is 2. The molecule has 1 saturated heterocycles. The molecule has 0 aliphatic carbocycles. The molecule has 4 N–H and O–H groups in total. The molecule has 0 aromatic rings. The van der Waals surface area contributed by atoms with Crippen LogP contribution < -0.4 is 5.73 Å². The van der Waals surface area contributed by atoms with E-state index in [0.717, 1.165) is 0 Å². The van der Waals surface area contributed by atoms with Crippen LogP contribution in [0.4, 0.5) is 0 Å². The van der Waals surface area contributed by atoms with Crippen LogP contribution in [-0.4, -0.2) is 46.1 Å². The average molecular weight is 229 g/mol. The molecule has 1 amide bonds. The number of oxime groups is 1. The van der Waals surface area contributed by atoms with Gasteiger partial charge in [-0.1, -0.05) is 12.1 Å². The van der Waals surface area contributed by atoms with Crippen molar-refractivity contribution in [2.45, 2.75) is 32.3 Å². The van der Waals surface area contributed by atoms with Gasteiger partial charge in [-0.3, -0.25) is 4.79 Å². The lowest BCUT2D eigenvalue weighted by Crippen LogP contribution is -2.46. The Balaban J connectivity index is 2.62. The summed E-state index contributed by atoms with van der Waals surface area (Å²) in [5.41, 5.74) is 5.47. The zero-order valence-corrected chi connectivity index (χ0v) is 9.46. The van der Waals surface area contributed by atoms with E-state index in [9.17, 15) is 9.90 Å². The number of amidine groups is 1. The van der Waals surface area contributed by atoms with Gasteiger partial charge in [0.15, 0.2) is 5.84 Å². The van der Waals surface area contributed by atoms with Crippen LogP contribution in [0.2, 0.25) is 0 Å². The minimum absolute atomic E-state index is 0.0429. The molecule has 1 fully saturated rings. The number of carbonyl (C=O) groups is 1. The molecule has 1 unspecified atom stereocenters. The number of hydrogen-bond acceptors (Lipinski definition) is 4. The van der Waals surface area contributed by atoms with E-state index < -0.39 is 5.92 Å². The van der Waals surface area contributed by atoms with Crippen LogP contribution in [0, 0.1) is 5.92 Å². The Labute approximate surface area is 94.7 Å². The molecule has 0 aromatic carbocycles. The average Bonchev–Trinajstić information content (AvgIpc) is 2.30. The lowest BCUT2D eigenvalue weighted by Gasteiger charge is -2.31. The highest BCUT2D eigenvalue weighted by Crippen LogP contribution is 2.15. The Kier molecular flexibility index (Phi) is 4.54. The molecule has 0 radical (unpaired) electrons. The first-order valence-corrected chi connectivity index (χ1v) is 5.54. The minimum Gasteiger partial charge on any atom is -0.409 e. The van der Waals surface area contributed by atoms with Crippen molar-refractivity contribution in [3.8, 4) is 0 Å². The summed E-state index contributed by atoms with van der Waals surface area (Å²) in [5.74, 6) is -0.719. The number of piperidine rings is 1. The summed E-state index contributed by atoms with van der Waals surface area (Å²) in [6.45, 7) is 2.89. The van der Waals surface area contributed by atoms with Crippen molar-refractivity contribution >= 4 is 11.7 Å². The number of aliphatic hydroxyl groups is 1. The van der Waals surface area contributed by atoms with E-state index in [1.807, 2.05) is 6.92 Å². The fraction of sp³-hybridized carbons (Fsp3) is 0.800. The van der Waals surface area contributed by atoms with Crippen molar-refractivity contribution in [2.24, 2.45) is 16.8 Å². The number of rotatable bonds is 3. The van der Waals surface area contributed by atoms with Crippen LogP contribution in [0.15, 0.2) is 5.16 Å². The highest BCUT2D eigenvalue weighted by atomic mass is 16.4. The molecule has 6 heteroatoms. The Bertz CT molecular complexity index is 272. The summed E-state index contributed by atoms with van der Waals surface area (Å²) in [6.07, 6.45) is 1.39. The minimum atomic E-state index is -0.555. The molecule has 0 saturated carbocycles. The predicted octanol–water partition coefficient (Wildman–Crippen LogP) is -0.258. The summed E-state index contributed by atoms with van der Waals surface area (Å²) >= 11 is 0. The van der Waals surface area contributed by atoms with Crippen molar-refractivity contribution in [2.75, 3.05) is 13.1 Å². The fourth-order valence-corrected chi connectivity index (χ4v) is 1.89. The summed E-state index contributed by atoms with van der Waals surface area (Å²) in [4.78, 5) is 13.7. The Morgan fingerprint density at radius 1 is 1.56 bits per heavy atom. The molecule has 0 aromatic heterocycles. The van der Waals surface area contributed by atoms with Crippen molar-refractivity contribution in [3.63, 3.8) is 0 Å². The first kappa shape index (κ1) is 12.8. The van der Waals surface area contributed by atoms with Gasteiger partial charge in [-0.25, -0.2) is 0 Å². The Morgan fingerprint density at radius 2 is 2.12 bits per heavy atom. The smallest absolute Gasteiger partial charge is 0.233 e. The van der Waals surface area contributed by atoms with E-state index in [0.29, 0.717) is 32.4 Å². The maximum absolute atomic E-state index is 12.0. The Morgan fingerprint density at radius 3 is 2.56 bits per heavy atom. The quantitative estimate of drug-likeness (QED) is 0.269. The highest BCUT2D eigenvalue weighted by molar-refractivity contribution is 6.02. The number of aliphatic hydroxyl groups excluding tert-OH is 1. The van der Waals surface area contributed by atoms with Gasteiger partial charge < -0.3 is 20.9 Å². The molecule has 1 rings (SSSR count). The molecular weight excluding hydrogens is 210 g/mol. The van der Waals surface area contributed by atoms with E-state index >= 15 is 0 Å². The number of carbonyl (C=O) groups excluding carboxylic acids is 1. The maximum Gasteiger partial charge on any atom is 0.233 e. The third-order valence-corrected chi connectivity index (χ3v) is 2.95. The van der Waals surface area contributed by atoms with Gasteiger partial charge in [0.2, 0.25) is 5.91 Å². The summed E-state index contributed by atoms with van der Waals surface area (Å²) < 4.78 is 0. The molecule has 1 atom stereocenters. The third kappa shape index (κ3) is 2.85. The predicted molar refractivity (Wildman–Crippen MR) is 59.0 cm³/mol. The van der Waals surface area contributed by atoms with Gasteiger partial charge in [0.05, 0.1) is 12.0 Å². The van der Waals surface area contributed by atoms with Crippen molar-refractivity contribution in [1.82, 2.24) is 4.90 Å². The summed E-state index contributed by atoms with van der Waals surface area (Å²) in [5, 5.41) is 20.8. The zero-order valence-electron chi connectivity index (χ0n) is 9.46. The molecular formula is C10H19N3O3. The van der Waals surface area contributed by atoms with Crippen molar-refractivity contribution in [3.05, 3.63) is 0 Å². The zero-order chi connectivity index (χ0) is 12.1. The van der Waals surface area contributed by atoms with Crippen LogP contribution in [0.5, 0.6) is 0 Å². The van der Waals surface area contributed by atoms with Crippen LogP contribution >= 0.6 is 0 Å². The lowest BCUT2D eigenvalue weighted by molar-refractivity contribution is -0.135. The van der Waals surface area contributed by atoms with Gasteiger partial charge in [-0.15, -0.1) is 0 Å². The number of amides is 1. The molecule has 1 aliphatic heterocycles.